The van der Waals surface area contributed by atoms with Crippen molar-refractivity contribution in [2.24, 2.45) is 0 Å². The van der Waals surface area contributed by atoms with Gasteiger partial charge in [0.05, 0.1) is 18.3 Å². The molecule has 0 bridgehead atoms. The molecule has 0 radical (unpaired) electrons. The molecule has 2 aromatic rings. The van der Waals surface area contributed by atoms with Gasteiger partial charge in [0, 0.05) is 12.3 Å². The second-order valence-corrected chi connectivity index (χ2v) is 4.11. The highest BCUT2D eigenvalue weighted by Gasteiger charge is 2.16. The van der Waals surface area contributed by atoms with Crippen LogP contribution in [0.15, 0.2) is 24.5 Å². The van der Waals surface area contributed by atoms with E-state index in [2.05, 4.69) is 15.4 Å². The van der Waals surface area contributed by atoms with Crippen molar-refractivity contribution < 1.29 is 5.11 Å². The molecule has 0 amide bonds. The van der Waals surface area contributed by atoms with Crippen molar-refractivity contribution in [2.75, 3.05) is 11.9 Å². The number of hydrogen-bond donors (Lipinski definition) is 2. The lowest BCUT2D eigenvalue weighted by Crippen LogP contribution is -2.35. The molecule has 2 aromatic heterocycles. The number of fused-ring (bicyclic) bond motifs is 1. The number of aromatic nitrogens is 3. The molecule has 0 fully saturated rings. The van der Waals surface area contributed by atoms with E-state index in [0.717, 1.165) is 11.5 Å². The fourth-order valence-electron chi connectivity index (χ4n) is 1.27. The number of aliphatic hydroxyl groups is 1. The molecule has 5 nitrogen and oxygen atoms in total. The third-order valence-electron chi connectivity index (χ3n) is 2.12. The van der Waals surface area contributed by atoms with Crippen LogP contribution in [0.25, 0.3) is 5.65 Å². The number of rotatable bonds is 3. The van der Waals surface area contributed by atoms with Gasteiger partial charge >= 0.3 is 0 Å². The highest BCUT2D eigenvalue weighted by molar-refractivity contribution is 5.46. The van der Waals surface area contributed by atoms with E-state index >= 15 is 0 Å². The topological polar surface area (TPSA) is 62.5 Å². The van der Waals surface area contributed by atoms with Crippen LogP contribution in [0.3, 0.4) is 0 Å². The number of nitrogens with one attached hydrogen (secondary N) is 1. The predicted octanol–water partition coefficient (Wildman–Crippen LogP) is 0.912. The van der Waals surface area contributed by atoms with Crippen molar-refractivity contribution in [3.8, 4) is 0 Å². The van der Waals surface area contributed by atoms with Crippen molar-refractivity contribution in [1.29, 1.82) is 0 Å². The van der Waals surface area contributed by atoms with E-state index in [1.807, 2.05) is 32.2 Å². The maximum Gasteiger partial charge on any atom is 0.157 e. The van der Waals surface area contributed by atoms with Gasteiger partial charge in [-0.05, 0) is 19.9 Å². The third-order valence-corrected chi connectivity index (χ3v) is 2.12. The SMILES string of the molecule is CC(C)(CO)Nc1ccn2nccc2n1. The Kier molecular flexibility index (Phi) is 2.32. The van der Waals surface area contributed by atoms with Crippen molar-refractivity contribution in [1.82, 2.24) is 14.6 Å². The zero-order valence-electron chi connectivity index (χ0n) is 8.81. The molecule has 5 heteroatoms. The van der Waals surface area contributed by atoms with Gasteiger partial charge in [0.2, 0.25) is 0 Å². The molecule has 0 aromatic carbocycles. The van der Waals surface area contributed by atoms with Crippen molar-refractivity contribution in [3.05, 3.63) is 24.5 Å². The summed E-state index contributed by atoms with van der Waals surface area (Å²) in [7, 11) is 0. The first-order valence-corrected chi connectivity index (χ1v) is 4.80. The summed E-state index contributed by atoms with van der Waals surface area (Å²) in [6.07, 6.45) is 3.53. The fraction of sp³-hybridized carbons (Fsp3) is 0.400. The van der Waals surface area contributed by atoms with Crippen LogP contribution in [0, 0.1) is 0 Å². The van der Waals surface area contributed by atoms with Gasteiger partial charge in [-0.25, -0.2) is 9.50 Å². The second-order valence-electron chi connectivity index (χ2n) is 4.11. The largest absolute Gasteiger partial charge is 0.394 e. The second kappa shape index (κ2) is 3.51. The normalized spacial score (nSPS) is 11.9. The molecule has 2 N–H and O–H groups in total. The van der Waals surface area contributed by atoms with E-state index in [-0.39, 0.29) is 12.1 Å². The molecule has 0 atom stereocenters. The van der Waals surface area contributed by atoms with E-state index in [9.17, 15) is 0 Å². The Morgan fingerprint density at radius 1 is 1.47 bits per heavy atom. The molecular formula is C10H14N4O. The Balaban J connectivity index is 2.28. The van der Waals surface area contributed by atoms with Crippen LogP contribution in [0.1, 0.15) is 13.8 Å². The van der Waals surface area contributed by atoms with Crippen LogP contribution in [0.4, 0.5) is 5.82 Å². The molecule has 0 aliphatic heterocycles. The Bertz CT molecular complexity index is 463. The monoisotopic (exact) mass is 206 g/mol. The van der Waals surface area contributed by atoms with Crippen molar-refractivity contribution in [3.63, 3.8) is 0 Å². The van der Waals surface area contributed by atoms with E-state index in [4.69, 9.17) is 5.11 Å². The van der Waals surface area contributed by atoms with Gasteiger partial charge in [-0.1, -0.05) is 0 Å². The van der Waals surface area contributed by atoms with E-state index in [0.29, 0.717) is 0 Å². The quantitative estimate of drug-likeness (QED) is 0.783. The molecule has 15 heavy (non-hydrogen) atoms. The van der Waals surface area contributed by atoms with Gasteiger partial charge in [-0.3, -0.25) is 0 Å². The van der Waals surface area contributed by atoms with Gasteiger partial charge in [-0.15, -0.1) is 0 Å². The third kappa shape index (κ3) is 2.07. The van der Waals surface area contributed by atoms with Crippen LogP contribution < -0.4 is 5.32 Å². The Hall–Kier alpha value is -1.62. The first-order valence-electron chi connectivity index (χ1n) is 4.80. The van der Waals surface area contributed by atoms with Gasteiger partial charge in [0.15, 0.2) is 5.65 Å². The van der Waals surface area contributed by atoms with E-state index in [1.165, 1.54) is 0 Å². The highest BCUT2D eigenvalue weighted by Crippen LogP contribution is 2.12. The minimum atomic E-state index is -0.370. The summed E-state index contributed by atoms with van der Waals surface area (Å²) in [6, 6.07) is 3.66. The number of anilines is 1. The van der Waals surface area contributed by atoms with Crippen LogP contribution >= 0.6 is 0 Å². The summed E-state index contributed by atoms with van der Waals surface area (Å²) < 4.78 is 1.69. The molecule has 2 heterocycles. The average Bonchev–Trinajstić information content (AvgIpc) is 2.64. The fourth-order valence-corrected chi connectivity index (χ4v) is 1.27. The van der Waals surface area contributed by atoms with Crippen molar-refractivity contribution >= 4 is 11.5 Å². The molecule has 0 spiro atoms. The molecular weight excluding hydrogens is 192 g/mol. The Morgan fingerprint density at radius 2 is 2.27 bits per heavy atom. The minimum absolute atomic E-state index is 0.0547. The maximum absolute atomic E-state index is 9.12. The van der Waals surface area contributed by atoms with E-state index < -0.39 is 0 Å². The van der Waals surface area contributed by atoms with Crippen LogP contribution in [-0.2, 0) is 0 Å². The lowest BCUT2D eigenvalue weighted by atomic mass is 10.1. The first-order chi connectivity index (χ1) is 7.11. The average molecular weight is 206 g/mol. The smallest absolute Gasteiger partial charge is 0.157 e. The van der Waals surface area contributed by atoms with Gasteiger partial charge in [0.25, 0.3) is 0 Å². The van der Waals surface area contributed by atoms with Gasteiger partial charge in [0.1, 0.15) is 5.82 Å². The number of aliphatic hydroxyl groups excluding tert-OH is 1. The minimum Gasteiger partial charge on any atom is -0.394 e. The maximum atomic E-state index is 9.12. The molecule has 0 saturated carbocycles. The summed E-state index contributed by atoms with van der Waals surface area (Å²) in [5.74, 6) is 0.738. The zero-order chi connectivity index (χ0) is 10.9. The summed E-state index contributed by atoms with van der Waals surface area (Å²) in [5, 5.41) is 16.3. The van der Waals surface area contributed by atoms with Crippen LogP contribution in [0.2, 0.25) is 0 Å². The zero-order valence-corrected chi connectivity index (χ0v) is 8.81. The number of hydrogen-bond acceptors (Lipinski definition) is 4. The summed E-state index contributed by atoms with van der Waals surface area (Å²) in [6.45, 7) is 3.88. The van der Waals surface area contributed by atoms with Gasteiger partial charge < -0.3 is 10.4 Å². The lowest BCUT2D eigenvalue weighted by Gasteiger charge is -2.23. The van der Waals surface area contributed by atoms with Gasteiger partial charge in [-0.2, -0.15) is 5.10 Å². The van der Waals surface area contributed by atoms with Crippen molar-refractivity contribution in [2.45, 2.75) is 19.4 Å². The molecule has 2 rings (SSSR count). The Labute approximate surface area is 87.8 Å². The summed E-state index contributed by atoms with van der Waals surface area (Å²) >= 11 is 0. The Morgan fingerprint density at radius 3 is 3.00 bits per heavy atom. The first kappa shape index (κ1) is 9.92. The lowest BCUT2D eigenvalue weighted by molar-refractivity contribution is 0.234. The standard InChI is InChI=1S/C10H14N4O/c1-10(2,7-15)13-8-4-6-14-9(12-8)3-5-11-14/h3-6,15H,7H2,1-2H3,(H,12,13). The molecule has 0 aliphatic rings. The highest BCUT2D eigenvalue weighted by atomic mass is 16.3. The molecule has 0 aliphatic carbocycles. The summed E-state index contributed by atoms with van der Waals surface area (Å²) in [5.41, 5.74) is 0.416. The predicted molar refractivity (Wildman–Crippen MR) is 57.8 cm³/mol. The number of nitrogens with zero attached hydrogens (tertiary/aromatic N) is 3. The van der Waals surface area contributed by atoms with Crippen LogP contribution in [0.5, 0.6) is 0 Å². The summed E-state index contributed by atoms with van der Waals surface area (Å²) in [4.78, 5) is 4.35. The molecule has 0 unspecified atom stereocenters. The van der Waals surface area contributed by atoms with E-state index in [1.54, 1.807) is 10.7 Å². The molecule has 0 saturated heterocycles. The van der Waals surface area contributed by atoms with Crippen LogP contribution in [-0.4, -0.2) is 31.9 Å². The molecule has 80 valence electrons.